The average molecular weight is 459 g/mol. The van der Waals surface area contributed by atoms with Crippen molar-refractivity contribution in [1.29, 1.82) is 0 Å². The number of sulfonamides is 1. The van der Waals surface area contributed by atoms with E-state index in [9.17, 15) is 26.8 Å². The average Bonchev–Trinajstić information content (AvgIpc) is 3.00. The number of aromatic nitrogens is 1. The van der Waals surface area contributed by atoms with E-state index in [2.05, 4.69) is 14.4 Å². The molecule has 0 saturated heterocycles. The molecule has 0 saturated carbocycles. The first-order valence-corrected chi connectivity index (χ1v) is 10.7. The fourth-order valence-electron chi connectivity index (χ4n) is 3.24. The van der Waals surface area contributed by atoms with E-state index in [0.29, 0.717) is 5.56 Å². The predicted octanol–water partition coefficient (Wildman–Crippen LogP) is 3.28. The predicted molar refractivity (Wildman–Crippen MR) is 109 cm³/mol. The van der Waals surface area contributed by atoms with Crippen LogP contribution in [0.2, 0.25) is 0 Å². The Morgan fingerprint density at radius 2 is 1.75 bits per heavy atom. The van der Waals surface area contributed by atoms with Crippen molar-refractivity contribution in [2.75, 3.05) is 4.72 Å². The Labute approximate surface area is 181 Å². The highest BCUT2D eigenvalue weighted by Crippen LogP contribution is 2.32. The van der Waals surface area contributed by atoms with Crippen LogP contribution in [-0.2, 0) is 16.6 Å². The van der Waals surface area contributed by atoms with Crippen LogP contribution in [0.1, 0.15) is 26.3 Å². The molecule has 3 aromatic rings. The number of pyridine rings is 1. The molecule has 32 heavy (non-hydrogen) atoms. The third-order valence-electron chi connectivity index (χ3n) is 4.67. The van der Waals surface area contributed by atoms with Crippen molar-refractivity contribution in [2.45, 2.75) is 18.1 Å². The first kappa shape index (κ1) is 21.4. The lowest BCUT2D eigenvalue weighted by molar-refractivity contribution is -0.0498. The zero-order valence-corrected chi connectivity index (χ0v) is 17.1. The molecule has 2 aromatic carbocycles. The molecule has 0 spiro atoms. The Kier molecular flexibility index (Phi) is 5.57. The third kappa shape index (κ3) is 4.14. The van der Waals surface area contributed by atoms with Crippen LogP contribution < -0.4 is 9.46 Å². The highest BCUT2D eigenvalue weighted by atomic mass is 32.2. The maximum absolute atomic E-state index is 13.0. The van der Waals surface area contributed by atoms with Gasteiger partial charge >= 0.3 is 6.61 Å². The number of carbonyl (C=O) groups excluding carboxylic acids is 2. The van der Waals surface area contributed by atoms with Crippen LogP contribution in [0.15, 0.2) is 71.9 Å². The van der Waals surface area contributed by atoms with Crippen LogP contribution in [0.5, 0.6) is 5.75 Å². The van der Waals surface area contributed by atoms with Crippen molar-refractivity contribution < 1.29 is 31.5 Å². The van der Waals surface area contributed by atoms with Gasteiger partial charge in [-0.2, -0.15) is 8.78 Å². The molecule has 164 valence electrons. The van der Waals surface area contributed by atoms with E-state index in [1.54, 1.807) is 18.3 Å². The van der Waals surface area contributed by atoms with Gasteiger partial charge in [-0.3, -0.25) is 24.2 Å². The van der Waals surface area contributed by atoms with Crippen LogP contribution in [0, 0.1) is 0 Å². The zero-order valence-electron chi connectivity index (χ0n) is 16.2. The van der Waals surface area contributed by atoms with Gasteiger partial charge in [-0.1, -0.05) is 12.1 Å². The number of amides is 2. The second-order valence-corrected chi connectivity index (χ2v) is 8.42. The molecule has 11 heteroatoms. The summed E-state index contributed by atoms with van der Waals surface area (Å²) < 4.78 is 56.6. The molecule has 0 aliphatic carbocycles. The molecular formula is C21H15F2N3O5S. The van der Waals surface area contributed by atoms with Crippen molar-refractivity contribution in [3.63, 3.8) is 0 Å². The lowest BCUT2D eigenvalue weighted by atomic mass is 10.1. The molecule has 0 fully saturated rings. The van der Waals surface area contributed by atoms with E-state index < -0.39 is 28.4 Å². The Morgan fingerprint density at radius 3 is 2.41 bits per heavy atom. The molecule has 2 amide bonds. The monoisotopic (exact) mass is 459 g/mol. The molecule has 0 atom stereocenters. The lowest BCUT2D eigenvalue weighted by Crippen LogP contribution is -2.29. The Bertz CT molecular complexity index is 1280. The summed E-state index contributed by atoms with van der Waals surface area (Å²) in [5.41, 5.74) is 0.570. The van der Waals surface area contributed by atoms with Gasteiger partial charge in [-0.05, 0) is 48.0 Å². The number of benzene rings is 2. The standard InChI is InChI=1S/C21H15F2N3O5S/c22-21(23)31-14-6-8-15(9-7-14)32(29,30)25-17-5-1-4-16-18(17)20(28)26(19(16)27)12-13-3-2-10-24-11-13/h1-11,21,25H,12H2. The van der Waals surface area contributed by atoms with Crippen molar-refractivity contribution >= 4 is 27.5 Å². The number of halogens is 2. The fourth-order valence-corrected chi connectivity index (χ4v) is 4.31. The molecule has 1 aliphatic rings. The first-order chi connectivity index (χ1) is 15.3. The van der Waals surface area contributed by atoms with E-state index >= 15 is 0 Å². The summed E-state index contributed by atoms with van der Waals surface area (Å²) >= 11 is 0. The van der Waals surface area contributed by atoms with Gasteiger partial charge in [0.05, 0.1) is 28.3 Å². The molecular weight excluding hydrogens is 444 g/mol. The number of nitrogens with zero attached hydrogens (tertiary/aromatic N) is 2. The van der Waals surface area contributed by atoms with Crippen molar-refractivity contribution in [1.82, 2.24) is 9.88 Å². The van der Waals surface area contributed by atoms with Crippen molar-refractivity contribution in [3.05, 3.63) is 83.7 Å². The van der Waals surface area contributed by atoms with E-state index in [0.717, 1.165) is 29.2 Å². The minimum atomic E-state index is -4.18. The minimum Gasteiger partial charge on any atom is -0.435 e. The summed E-state index contributed by atoms with van der Waals surface area (Å²) in [6.45, 7) is -3.06. The van der Waals surface area contributed by atoms with Crippen LogP contribution in [0.3, 0.4) is 0 Å². The SMILES string of the molecule is O=C1c2cccc(NS(=O)(=O)c3ccc(OC(F)F)cc3)c2C(=O)N1Cc1cccnc1. The fraction of sp³-hybridized carbons (Fsp3) is 0.0952. The molecule has 1 aromatic heterocycles. The number of alkyl halides is 2. The number of rotatable bonds is 7. The second-order valence-electron chi connectivity index (χ2n) is 6.74. The zero-order chi connectivity index (χ0) is 22.9. The van der Waals surface area contributed by atoms with E-state index in [-0.39, 0.29) is 34.0 Å². The minimum absolute atomic E-state index is 0.0159. The van der Waals surface area contributed by atoms with E-state index in [4.69, 9.17) is 0 Å². The maximum Gasteiger partial charge on any atom is 0.387 e. The van der Waals surface area contributed by atoms with Gasteiger partial charge in [0.1, 0.15) is 5.75 Å². The number of fused-ring (bicyclic) bond motifs is 1. The van der Waals surface area contributed by atoms with Gasteiger partial charge in [0.2, 0.25) is 0 Å². The van der Waals surface area contributed by atoms with Crippen LogP contribution >= 0.6 is 0 Å². The molecule has 0 bridgehead atoms. The topological polar surface area (TPSA) is 106 Å². The van der Waals surface area contributed by atoms with E-state index in [1.165, 1.54) is 24.4 Å². The summed E-state index contributed by atoms with van der Waals surface area (Å²) in [5.74, 6) is -1.40. The van der Waals surface area contributed by atoms with Crippen LogP contribution in [-0.4, -0.2) is 36.7 Å². The molecule has 1 N–H and O–H groups in total. The molecule has 2 heterocycles. The number of anilines is 1. The maximum atomic E-state index is 13.0. The summed E-state index contributed by atoms with van der Waals surface area (Å²) in [7, 11) is -4.18. The number of hydrogen-bond donors (Lipinski definition) is 1. The van der Waals surface area contributed by atoms with Crippen LogP contribution in [0.4, 0.5) is 14.5 Å². The normalized spacial score (nSPS) is 13.4. The summed E-state index contributed by atoms with van der Waals surface area (Å²) in [6.07, 6.45) is 3.08. The smallest absolute Gasteiger partial charge is 0.387 e. The summed E-state index contributed by atoms with van der Waals surface area (Å²) in [6, 6.07) is 12.0. The first-order valence-electron chi connectivity index (χ1n) is 9.22. The number of nitrogens with one attached hydrogen (secondary N) is 1. The number of ether oxygens (including phenoxy) is 1. The third-order valence-corrected chi connectivity index (χ3v) is 6.05. The highest BCUT2D eigenvalue weighted by molar-refractivity contribution is 7.92. The van der Waals surface area contributed by atoms with Crippen LogP contribution in [0.25, 0.3) is 0 Å². The number of imide groups is 1. The van der Waals surface area contributed by atoms with Gasteiger partial charge in [0.15, 0.2) is 0 Å². The largest absolute Gasteiger partial charge is 0.435 e. The van der Waals surface area contributed by atoms with Gasteiger partial charge < -0.3 is 4.74 Å². The van der Waals surface area contributed by atoms with Gasteiger partial charge in [0, 0.05) is 12.4 Å². The van der Waals surface area contributed by atoms with Gasteiger partial charge in [-0.25, -0.2) is 8.42 Å². The number of hydrogen-bond acceptors (Lipinski definition) is 6. The molecule has 4 rings (SSSR count). The highest BCUT2D eigenvalue weighted by Gasteiger charge is 2.38. The van der Waals surface area contributed by atoms with Gasteiger partial charge in [0.25, 0.3) is 21.8 Å². The summed E-state index contributed by atoms with van der Waals surface area (Å²) in [4.78, 5) is 30.5. The van der Waals surface area contributed by atoms with Crippen molar-refractivity contribution in [3.8, 4) is 5.75 Å². The molecule has 0 unspecified atom stereocenters. The molecule has 1 aliphatic heterocycles. The van der Waals surface area contributed by atoms with E-state index in [1.807, 2.05) is 0 Å². The van der Waals surface area contributed by atoms with Crippen molar-refractivity contribution in [2.24, 2.45) is 0 Å². The van der Waals surface area contributed by atoms with Gasteiger partial charge in [-0.15, -0.1) is 0 Å². The molecule has 8 nitrogen and oxygen atoms in total. The molecule has 0 radical (unpaired) electrons. The lowest BCUT2D eigenvalue weighted by Gasteiger charge is -2.14. The quantitative estimate of drug-likeness (QED) is 0.544. The Hall–Kier alpha value is -3.86. The Balaban J connectivity index is 1.61. The number of carbonyl (C=O) groups is 2. The second kappa shape index (κ2) is 8.35. The summed E-state index contributed by atoms with van der Waals surface area (Å²) in [5, 5.41) is 0. The Morgan fingerprint density at radius 1 is 1.00 bits per heavy atom.